The van der Waals surface area contributed by atoms with Crippen LogP contribution < -0.4 is 4.74 Å². The summed E-state index contributed by atoms with van der Waals surface area (Å²) in [6, 6.07) is 17.0. The molecule has 4 aromatic rings. The summed E-state index contributed by atoms with van der Waals surface area (Å²) in [5.41, 5.74) is 1.86. The van der Waals surface area contributed by atoms with Crippen LogP contribution in [0, 0.1) is 5.82 Å². The molecule has 0 spiro atoms. The summed E-state index contributed by atoms with van der Waals surface area (Å²) in [5.74, 6) is 0.907. The highest BCUT2D eigenvalue weighted by atomic mass is 19.1. The summed E-state index contributed by atoms with van der Waals surface area (Å²) in [5, 5.41) is 5.38. The number of amides is 1. The van der Waals surface area contributed by atoms with Gasteiger partial charge in [-0.25, -0.2) is 4.39 Å². The third-order valence-corrected chi connectivity index (χ3v) is 5.93. The maximum Gasteiger partial charge on any atom is 0.246 e. The van der Waals surface area contributed by atoms with E-state index in [2.05, 4.69) is 11.6 Å². The average Bonchev–Trinajstić information content (AvgIpc) is 3.46. The highest BCUT2D eigenvalue weighted by Crippen LogP contribution is 2.32. The fourth-order valence-electron chi connectivity index (χ4n) is 4.37. The lowest BCUT2D eigenvalue weighted by Crippen LogP contribution is -2.37. The Bertz CT molecular complexity index is 1300. The van der Waals surface area contributed by atoms with Gasteiger partial charge in [0.25, 0.3) is 0 Å². The van der Waals surface area contributed by atoms with Gasteiger partial charge in [0.15, 0.2) is 5.82 Å². The molecular formula is C26H23FN4O2. The summed E-state index contributed by atoms with van der Waals surface area (Å²) in [6.07, 6.45) is 5.90. The molecule has 1 atom stereocenters. The Morgan fingerprint density at radius 1 is 1.12 bits per heavy atom. The number of hydrogen-bond acceptors (Lipinski definition) is 4. The zero-order valence-corrected chi connectivity index (χ0v) is 18.0. The fourth-order valence-corrected chi connectivity index (χ4v) is 4.37. The standard InChI is InChI=1S/C26H23FN4O2/c1-2-24(32)30-14-6-7-19(30)17-31-26-22(15-28-16-23(26)27)25(29-31)18-10-12-21(13-11-18)33-20-8-4-3-5-9-20/h2-5,8-13,15-16,19H,1,6-7,14,17H2/t19-/m0/s1. The van der Waals surface area contributed by atoms with Gasteiger partial charge in [-0.2, -0.15) is 5.10 Å². The molecule has 0 saturated carbocycles. The number of halogens is 1. The molecule has 0 bridgehead atoms. The molecule has 33 heavy (non-hydrogen) atoms. The van der Waals surface area contributed by atoms with Crippen molar-refractivity contribution in [2.24, 2.45) is 0 Å². The first-order chi connectivity index (χ1) is 16.1. The number of pyridine rings is 1. The first-order valence-electron chi connectivity index (χ1n) is 10.9. The van der Waals surface area contributed by atoms with Crippen molar-refractivity contribution in [3.63, 3.8) is 0 Å². The number of benzene rings is 2. The average molecular weight is 442 g/mol. The topological polar surface area (TPSA) is 60.2 Å². The maximum atomic E-state index is 14.8. The first-order valence-corrected chi connectivity index (χ1v) is 10.9. The van der Waals surface area contributed by atoms with Crippen LogP contribution in [0.5, 0.6) is 11.5 Å². The maximum absolute atomic E-state index is 14.8. The Balaban J connectivity index is 1.47. The third-order valence-electron chi connectivity index (χ3n) is 5.93. The monoisotopic (exact) mass is 442 g/mol. The van der Waals surface area contributed by atoms with Crippen LogP contribution in [0.1, 0.15) is 12.8 Å². The van der Waals surface area contributed by atoms with Crippen LogP contribution in [0.2, 0.25) is 0 Å². The van der Waals surface area contributed by atoms with Crippen molar-refractivity contribution in [1.29, 1.82) is 0 Å². The number of nitrogens with zero attached hydrogens (tertiary/aromatic N) is 4. The van der Waals surface area contributed by atoms with E-state index in [1.807, 2.05) is 54.6 Å². The van der Waals surface area contributed by atoms with Gasteiger partial charge < -0.3 is 9.64 Å². The Kier molecular flexibility index (Phi) is 5.60. The molecule has 2 aromatic heterocycles. The minimum Gasteiger partial charge on any atom is -0.457 e. The lowest BCUT2D eigenvalue weighted by molar-refractivity contribution is -0.127. The summed E-state index contributed by atoms with van der Waals surface area (Å²) in [7, 11) is 0. The Morgan fingerprint density at radius 3 is 2.64 bits per heavy atom. The highest BCUT2D eigenvalue weighted by molar-refractivity contribution is 5.93. The number of likely N-dealkylation sites (tertiary alicyclic amines) is 1. The summed E-state index contributed by atoms with van der Waals surface area (Å²) >= 11 is 0. The van der Waals surface area contributed by atoms with E-state index in [0.29, 0.717) is 35.4 Å². The van der Waals surface area contributed by atoms with Crippen molar-refractivity contribution in [2.75, 3.05) is 6.54 Å². The second kappa shape index (κ2) is 8.86. The van der Waals surface area contributed by atoms with E-state index < -0.39 is 5.82 Å². The molecule has 1 aliphatic rings. The summed E-state index contributed by atoms with van der Waals surface area (Å²) in [6.45, 7) is 4.68. The van der Waals surface area contributed by atoms with Gasteiger partial charge in [-0.3, -0.25) is 14.5 Å². The predicted octanol–water partition coefficient (Wildman–Crippen LogP) is 5.21. The second-order valence-corrected chi connectivity index (χ2v) is 8.02. The van der Waals surface area contributed by atoms with Gasteiger partial charge in [-0.1, -0.05) is 24.8 Å². The van der Waals surface area contributed by atoms with Crippen LogP contribution in [0.3, 0.4) is 0 Å². The molecule has 1 aliphatic heterocycles. The minimum atomic E-state index is -0.435. The minimum absolute atomic E-state index is 0.0549. The molecule has 2 aromatic carbocycles. The molecule has 0 N–H and O–H groups in total. The number of fused-ring (bicyclic) bond motifs is 1. The zero-order valence-electron chi connectivity index (χ0n) is 18.0. The number of hydrogen-bond donors (Lipinski definition) is 0. The Hall–Kier alpha value is -4.00. The molecule has 6 nitrogen and oxygen atoms in total. The van der Waals surface area contributed by atoms with Crippen LogP contribution in [-0.2, 0) is 11.3 Å². The highest BCUT2D eigenvalue weighted by Gasteiger charge is 2.29. The van der Waals surface area contributed by atoms with E-state index in [-0.39, 0.29) is 11.9 Å². The largest absolute Gasteiger partial charge is 0.457 e. The molecule has 5 rings (SSSR count). The molecule has 0 unspecified atom stereocenters. The molecule has 166 valence electrons. The quantitative estimate of drug-likeness (QED) is 0.385. The van der Waals surface area contributed by atoms with E-state index >= 15 is 0 Å². The summed E-state index contributed by atoms with van der Waals surface area (Å²) < 4.78 is 22.4. The van der Waals surface area contributed by atoms with Crippen molar-refractivity contribution in [3.8, 4) is 22.8 Å². The number of aromatic nitrogens is 3. The molecule has 1 fully saturated rings. The van der Waals surface area contributed by atoms with Crippen molar-refractivity contribution in [3.05, 3.63) is 85.5 Å². The van der Waals surface area contributed by atoms with Crippen LogP contribution in [0.15, 0.2) is 79.6 Å². The van der Waals surface area contributed by atoms with Crippen LogP contribution in [0.25, 0.3) is 22.2 Å². The number of carbonyl (C=O) groups excluding carboxylic acids is 1. The Morgan fingerprint density at radius 2 is 1.88 bits per heavy atom. The number of ether oxygens (including phenoxy) is 1. The zero-order chi connectivity index (χ0) is 22.8. The van der Waals surface area contributed by atoms with E-state index in [0.717, 1.165) is 24.2 Å². The van der Waals surface area contributed by atoms with Crippen molar-refractivity contribution in [2.45, 2.75) is 25.4 Å². The summed E-state index contributed by atoms with van der Waals surface area (Å²) in [4.78, 5) is 18.0. The number of rotatable bonds is 6. The van der Waals surface area contributed by atoms with E-state index in [9.17, 15) is 9.18 Å². The molecule has 1 saturated heterocycles. The molecular weight excluding hydrogens is 419 g/mol. The molecule has 1 amide bonds. The number of carbonyl (C=O) groups is 1. The van der Waals surface area contributed by atoms with Gasteiger partial charge in [0.05, 0.1) is 18.8 Å². The van der Waals surface area contributed by atoms with Gasteiger partial charge in [0.1, 0.15) is 22.7 Å². The van der Waals surface area contributed by atoms with E-state index in [1.54, 1.807) is 15.8 Å². The number of para-hydroxylation sites is 1. The fraction of sp³-hybridized carbons (Fsp3) is 0.192. The van der Waals surface area contributed by atoms with Gasteiger partial charge in [-0.15, -0.1) is 0 Å². The molecule has 0 radical (unpaired) electrons. The first kappa shape index (κ1) is 20.9. The van der Waals surface area contributed by atoms with Crippen LogP contribution >= 0.6 is 0 Å². The van der Waals surface area contributed by atoms with Gasteiger partial charge >= 0.3 is 0 Å². The second-order valence-electron chi connectivity index (χ2n) is 8.02. The van der Waals surface area contributed by atoms with Crippen LogP contribution in [-0.4, -0.2) is 38.2 Å². The normalized spacial score (nSPS) is 15.7. The smallest absolute Gasteiger partial charge is 0.246 e. The van der Waals surface area contributed by atoms with E-state index in [1.165, 1.54) is 12.3 Å². The Labute approximate surface area is 190 Å². The van der Waals surface area contributed by atoms with Gasteiger partial charge in [0.2, 0.25) is 5.91 Å². The predicted molar refractivity (Wildman–Crippen MR) is 124 cm³/mol. The van der Waals surface area contributed by atoms with E-state index in [4.69, 9.17) is 9.84 Å². The third kappa shape index (κ3) is 4.09. The SMILES string of the molecule is C=CC(=O)N1CCC[C@H]1Cn1nc(-c2ccc(Oc3ccccc3)cc2)c2cncc(F)c21. The van der Waals surface area contributed by atoms with Gasteiger partial charge in [-0.05, 0) is 55.3 Å². The van der Waals surface area contributed by atoms with Crippen molar-refractivity contribution in [1.82, 2.24) is 19.7 Å². The lowest BCUT2D eigenvalue weighted by atomic mass is 10.1. The molecule has 0 aliphatic carbocycles. The van der Waals surface area contributed by atoms with Crippen LogP contribution in [0.4, 0.5) is 4.39 Å². The van der Waals surface area contributed by atoms with Crippen molar-refractivity contribution >= 4 is 16.8 Å². The lowest BCUT2D eigenvalue weighted by Gasteiger charge is -2.23. The molecule has 3 heterocycles. The molecule has 7 heteroatoms. The van der Waals surface area contributed by atoms with Crippen molar-refractivity contribution < 1.29 is 13.9 Å². The van der Waals surface area contributed by atoms with Gasteiger partial charge in [0, 0.05) is 23.7 Å².